The van der Waals surface area contributed by atoms with Crippen molar-refractivity contribution in [3.8, 4) is 28.3 Å². The van der Waals surface area contributed by atoms with E-state index in [0.29, 0.717) is 0 Å². The minimum Gasteiger partial charge on any atom is -0.352 e. The first kappa shape index (κ1) is 23.0. The van der Waals surface area contributed by atoms with Crippen molar-refractivity contribution in [2.75, 3.05) is 0 Å². The molecule has 0 atom stereocenters. The van der Waals surface area contributed by atoms with Gasteiger partial charge in [0.2, 0.25) is 0 Å². The maximum atomic E-state index is 5.00. The Morgan fingerprint density at radius 1 is 0.872 bits per heavy atom. The fourth-order valence-corrected chi connectivity index (χ4v) is 4.84. The second kappa shape index (κ2) is 9.62. The van der Waals surface area contributed by atoms with Gasteiger partial charge in [0.15, 0.2) is 0 Å². The predicted molar refractivity (Wildman–Crippen MR) is 151 cm³/mol. The van der Waals surface area contributed by atoms with Gasteiger partial charge in [0.25, 0.3) is 0 Å². The molecule has 3 N–H and O–H groups in total. The van der Waals surface area contributed by atoms with Crippen LogP contribution >= 0.6 is 0 Å². The van der Waals surface area contributed by atoms with Crippen LogP contribution in [0.4, 0.5) is 0 Å². The van der Waals surface area contributed by atoms with Gasteiger partial charge in [0, 0.05) is 42.6 Å². The molecule has 6 heterocycles. The molecule has 39 heavy (non-hydrogen) atoms. The van der Waals surface area contributed by atoms with Gasteiger partial charge in [-0.3, -0.25) is 15.1 Å². The molecule has 190 valence electrons. The number of hydrogen-bond acceptors (Lipinski definition) is 6. The zero-order valence-electron chi connectivity index (χ0n) is 21.3. The van der Waals surface area contributed by atoms with Crippen LogP contribution in [-0.2, 0) is 13.1 Å². The summed E-state index contributed by atoms with van der Waals surface area (Å²) in [6.45, 7) is 3.49. The fraction of sp³-hybridized carbons (Fsp3) is 0.100. The third kappa shape index (κ3) is 4.45. The van der Waals surface area contributed by atoms with Crippen molar-refractivity contribution >= 4 is 21.9 Å². The molecular formula is C30H25N9. The van der Waals surface area contributed by atoms with E-state index in [2.05, 4.69) is 71.8 Å². The van der Waals surface area contributed by atoms with Gasteiger partial charge in [-0.2, -0.15) is 5.10 Å². The Morgan fingerprint density at radius 2 is 1.74 bits per heavy atom. The summed E-state index contributed by atoms with van der Waals surface area (Å²) in [5.74, 6) is 0. The van der Waals surface area contributed by atoms with E-state index in [1.54, 1.807) is 6.33 Å². The molecule has 0 saturated carbocycles. The monoisotopic (exact) mass is 511 g/mol. The average molecular weight is 512 g/mol. The number of benzene rings is 1. The Kier molecular flexibility index (Phi) is 5.68. The zero-order valence-corrected chi connectivity index (χ0v) is 21.3. The molecule has 7 rings (SSSR count). The lowest BCUT2D eigenvalue weighted by Gasteiger charge is -2.07. The van der Waals surface area contributed by atoms with E-state index in [1.165, 1.54) is 5.56 Å². The smallest absolute Gasteiger partial charge is 0.135 e. The lowest BCUT2D eigenvalue weighted by molar-refractivity contribution is 0.691. The second-order valence-electron chi connectivity index (χ2n) is 9.56. The van der Waals surface area contributed by atoms with Crippen molar-refractivity contribution in [2.24, 2.45) is 0 Å². The van der Waals surface area contributed by atoms with Gasteiger partial charge in [0.1, 0.15) is 11.2 Å². The van der Waals surface area contributed by atoms with Crippen molar-refractivity contribution in [2.45, 2.75) is 20.0 Å². The van der Waals surface area contributed by atoms with Crippen molar-refractivity contribution in [3.05, 3.63) is 109 Å². The SMILES string of the molecule is Cc1cn(-c2cncc3[nH]c(-c4n[nH]c5ccc(-c6cncc(CNCc7ccccc7)c6)nc45)cc23)cn1. The second-order valence-corrected chi connectivity index (χ2v) is 9.56. The van der Waals surface area contributed by atoms with Crippen LogP contribution in [0.3, 0.4) is 0 Å². The zero-order chi connectivity index (χ0) is 26.2. The van der Waals surface area contributed by atoms with E-state index in [0.717, 1.165) is 74.6 Å². The minimum absolute atomic E-state index is 0.719. The summed E-state index contributed by atoms with van der Waals surface area (Å²) >= 11 is 0. The molecule has 0 radical (unpaired) electrons. The molecule has 0 aliphatic heterocycles. The van der Waals surface area contributed by atoms with Crippen molar-refractivity contribution in [1.82, 2.24) is 45.0 Å². The highest BCUT2D eigenvalue weighted by atomic mass is 15.1. The molecular weight excluding hydrogens is 486 g/mol. The van der Waals surface area contributed by atoms with Crippen LogP contribution in [0.15, 0.2) is 91.9 Å². The molecule has 0 unspecified atom stereocenters. The number of hydrogen-bond donors (Lipinski definition) is 3. The summed E-state index contributed by atoms with van der Waals surface area (Å²) in [5, 5.41) is 12.3. The molecule has 0 saturated heterocycles. The third-order valence-electron chi connectivity index (χ3n) is 6.77. The highest BCUT2D eigenvalue weighted by Crippen LogP contribution is 2.31. The molecule has 9 heteroatoms. The Bertz CT molecular complexity index is 1910. The summed E-state index contributed by atoms with van der Waals surface area (Å²) < 4.78 is 1.98. The van der Waals surface area contributed by atoms with E-state index in [4.69, 9.17) is 4.98 Å². The van der Waals surface area contributed by atoms with Gasteiger partial charge < -0.3 is 14.9 Å². The van der Waals surface area contributed by atoms with Crippen molar-refractivity contribution in [3.63, 3.8) is 0 Å². The van der Waals surface area contributed by atoms with Crippen molar-refractivity contribution < 1.29 is 0 Å². The summed E-state index contributed by atoms with van der Waals surface area (Å²) in [7, 11) is 0. The van der Waals surface area contributed by atoms with Gasteiger partial charge in [0.05, 0.1) is 52.5 Å². The molecule has 9 nitrogen and oxygen atoms in total. The van der Waals surface area contributed by atoms with Gasteiger partial charge in [-0.1, -0.05) is 30.3 Å². The van der Waals surface area contributed by atoms with Gasteiger partial charge in [-0.25, -0.2) is 9.97 Å². The number of rotatable bonds is 7. The highest BCUT2D eigenvalue weighted by molar-refractivity contribution is 5.96. The average Bonchev–Trinajstić information content (AvgIpc) is 3.71. The van der Waals surface area contributed by atoms with Crippen LogP contribution in [0, 0.1) is 6.92 Å². The number of aryl methyl sites for hydroxylation is 1. The van der Waals surface area contributed by atoms with Crippen LogP contribution in [0.1, 0.15) is 16.8 Å². The Hall–Kier alpha value is -5.15. The quantitative estimate of drug-likeness (QED) is 0.266. The summed E-state index contributed by atoms with van der Waals surface area (Å²) in [6.07, 6.45) is 11.2. The third-order valence-corrected chi connectivity index (χ3v) is 6.77. The van der Waals surface area contributed by atoms with E-state index in [9.17, 15) is 0 Å². The number of pyridine rings is 3. The summed E-state index contributed by atoms with van der Waals surface area (Å²) in [4.78, 5) is 21.7. The molecule has 0 aliphatic rings. The van der Waals surface area contributed by atoms with Crippen LogP contribution < -0.4 is 5.32 Å². The molecule has 0 fully saturated rings. The highest BCUT2D eigenvalue weighted by Gasteiger charge is 2.16. The van der Waals surface area contributed by atoms with Crippen LogP contribution in [-0.4, -0.2) is 39.7 Å². The van der Waals surface area contributed by atoms with E-state index in [-0.39, 0.29) is 0 Å². The lowest BCUT2D eigenvalue weighted by Crippen LogP contribution is -2.12. The Labute approximate surface area is 224 Å². The Morgan fingerprint density at radius 3 is 2.62 bits per heavy atom. The normalized spacial score (nSPS) is 11.5. The van der Waals surface area contributed by atoms with E-state index < -0.39 is 0 Å². The summed E-state index contributed by atoms with van der Waals surface area (Å²) in [6, 6.07) is 18.6. The van der Waals surface area contributed by atoms with Crippen LogP contribution in [0.25, 0.3) is 50.3 Å². The number of nitrogens with zero attached hydrogens (tertiary/aromatic N) is 6. The maximum Gasteiger partial charge on any atom is 0.135 e. The van der Waals surface area contributed by atoms with Crippen LogP contribution in [0.2, 0.25) is 0 Å². The van der Waals surface area contributed by atoms with Crippen molar-refractivity contribution in [1.29, 1.82) is 0 Å². The standard InChI is InChI=1S/C30H25N9/c1-19-17-39(18-34-19)28-16-33-15-27-23(28)10-26(35-27)30-29-25(37-38-30)8-7-24(36-29)22-9-21(13-32-14-22)12-31-11-20-5-3-2-4-6-20/h2-10,13-18,31,35H,11-12H2,1H3,(H,37,38). The molecule has 0 bridgehead atoms. The Balaban J connectivity index is 1.20. The molecule has 6 aromatic heterocycles. The number of aromatic amines is 2. The first-order chi connectivity index (χ1) is 19.2. The maximum absolute atomic E-state index is 5.00. The number of aromatic nitrogens is 8. The molecule has 1 aromatic carbocycles. The first-order valence-electron chi connectivity index (χ1n) is 12.7. The molecule has 0 spiro atoms. The minimum atomic E-state index is 0.719. The largest absolute Gasteiger partial charge is 0.352 e. The van der Waals surface area contributed by atoms with E-state index in [1.807, 2.05) is 60.7 Å². The molecule has 0 amide bonds. The van der Waals surface area contributed by atoms with E-state index >= 15 is 0 Å². The first-order valence-corrected chi connectivity index (χ1v) is 12.7. The lowest BCUT2D eigenvalue weighted by atomic mass is 10.1. The van der Waals surface area contributed by atoms with Gasteiger partial charge in [-0.15, -0.1) is 0 Å². The predicted octanol–water partition coefficient (Wildman–Crippen LogP) is 5.35. The number of fused-ring (bicyclic) bond motifs is 2. The number of nitrogens with one attached hydrogen (secondary N) is 3. The molecule has 7 aromatic rings. The topological polar surface area (TPSA) is 113 Å². The van der Waals surface area contributed by atoms with Gasteiger partial charge in [-0.05, 0) is 42.3 Å². The summed E-state index contributed by atoms with van der Waals surface area (Å²) in [5.41, 5.74) is 10.2. The van der Waals surface area contributed by atoms with Crippen LogP contribution in [0.5, 0.6) is 0 Å². The number of imidazole rings is 1. The number of H-pyrrole nitrogens is 2. The fourth-order valence-electron chi connectivity index (χ4n) is 4.84. The molecule has 0 aliphatic carbocycles. The van der Waals surface area contributed by atoms with Gasteiger partial charge >= 0.3 is 0 Å².